The van der Waals surface area contributed by atoms with Crippen LogP contribution in [0.5, 0.6) is 6.01 Å². The van der Waals surface area contributed by atoms with Gasteiger partial charge in [0.2, 0.25) is 0 Å². The first-order valence-corrected chi connectivity index (χ1v) is 7.01. The molecule has 0 atom stereocenters. The molecule has 3 aromatic carbocycles. The second kappa shape index (κ2) is 5.07. The molecule has 0 aliphatic heterocycles. The van der Waals surface area contributed by atoms with E-state index in [4.69, 9.17) is 4.74 Å². The monoisotopic (exact) mass is 287 g/mol. The highest BCUT2D eigenvalue weighted by Crippen LogP contribution is 2.35. The molecule has 22 heavy (non-hydrogen) atoms. The zero-order valence-corrected chi connectivity index (χ0v) is 12.0. The molecular formula is C18H13N3O. The molecule has 0 aliphatic rings. The van der Waals surface area contributed by atoms with E-state index >= 15 is 0 Å². The van der Waals surface area contributed by atoms with Crippen molar-refractivity contribution < 1.29 is 4.74 Å². The Kier molecular flexibility index (Phi) is 2.93. The van der Waals surface area contributed by atoms with Crippen molar-refractivity contribution in [3.8, 4) is 17.3 Å². The highest BCUT2D eigenvalue weighted by Gasteiger charge is 2.12. The number of methoxy groups -OCH3 is 1. The van der Waals surface area contributed by atoms with E-state index in [1.165, 1.54) is 10.8 Å². The largest absolute Gasteiger partial charge is 0.466 e. The lowest BCUT2D eigenvalue weighted by Crippen LogP contribution is -1.97. The number of benzene rings is 3. The van der Waals surface area contributed by atoms with Gasteiger partial charge >= 0.3 is 6.01 Å². The van der Waals surface area contributed by atoms with Crippen LogP contribution in [0.1, 0.15) is 0 Å². The van der Waals surface area contributed by atoms with Crippen molar-refractivity contribution in [2.75, 3.05) is 7.11 Å². The van der Waals surface area contributed by atoms with E-state index in [9.17, 15) is 0 Å². The normalized spacial score (nSPS) is 11.0. The number of hydrogen-bond acceptors (Lipinski definition) is 4. The molecule has 4 heteroatoms. The summed E-state index contributed by atoms with van der Waals surface area (Å²) in [5.74, 6) is 0. The summed E-state index contributed by atoms with van der Waals surface area (Å²) in [5, 5.41) is 12.5. The second-order valence-electron chi connectivity index (χ2n) is 5.02. The summed E-state index contributed by atoms with van der Waals surface area (Å²) in [6, 6.07) is 19.0. The van der Waals surface area contributed by atoms with Gasteiger partial charge in [0.25, 0.3) is 0 Å². The van der Waals surface area contributed by atoms with Gasteiger partial charge in [-0.2, -0.15) is 10.1 Å². The Balaban J connectivity index is 2.16. The zero-order chi connectivity index (χ0) is 14.9. The number of nitrogens with zero attached hydrogens (tertiary/aromatic N) is 3. The average molecular weight is 287 g/mol. The molecule has 0 radical (unpaired) electrons. The van der Waals surface area contributed by atoms with Gasteiger partial charge in [0.1, 0.15) is 0 Å². The van der Waals surface area contributed by atoms with Crippen molar-refractivity contribution in [3.63, 3.8) is 0 Å². The molecule has 0 unspecified atom stereocenters. The van der Waals surface area contributed by atoms with Crippen LogP contribution < -0.4 is 4.74 Å². The van der Waals surface area contributed by atoms with Gasteiger partial charge in [-0.1, -0.05) is 53.6 Å². The number of fused-ring (bicyclic) bond motifs is 2. The fraction of sp³-hybridized carbons (Fsp3) is 0.0556. The minimum absolute atomic E-state index is 0.273. The van der Waals surface area contributed by atoms with Crippen molar-refractivity contribution in [1.29, 1.82) is 0 Å². The molecule has 0 fully saturated rings. The maximum Gasteiger partial charge on any atom is 0.335 e. The van der Waals surface area contributed by atoms with Crippen LogP contribution in [0.4, 0.5) is 0 Å². The maximum absolute atomic E-state index is 5.12. The zero-order valence-electron chi connectivity index (χ0n) is 12.0. The molecule has 4 aromatic rings. The van der Waals surface area contributed by atoms with Gasteiger partial charge in [-0.3, -0.25) is 0 Å². The summed E-state index contributed by atoms with van der Waals surface area (Å²) in [5.41, 5.74) is 1.82. The molecule has 106 valence electrons. The molecule has 0 saturated carbocycles. The molecule has 0 bridgehead atoms. The molecule has 0 saturated heterocycles. The Labute approximate surface area is 127 Å². The Bertz CT molecular complexity index is 928. The molecular weight excluding hydrogens is 274 g/mol. The van der Waals surface area contributed by atoms with Crippen LogP contribution in [-0.4, -0.2) is 22.3 Å². The van der Waals surface area contributed by atoms with Crippen LogP contribution in [0.3, 0.4) is 0 Å². The first kappa shape index (κ1) is 12.7. The fourth-order valence-electron chi connectivity index (χ4n) is 2.78. The smallest absolute Gasteiger partial charge is 0.335 e. The highest BCUT2D eigenvalue weighted by molar-refractivity contribution is 6.11. The molecule has 0 amide bonds. The van der Waals surface area contributed by atoms with Gasteiger partial charge in [-0.05, 0) is 27.6 Å². The molecule has 0 spiro atoms. The van der Waals surface area contributed by atoms with Gasteiger partial charge in [0, 0.05) is 5.56 Å². The molecule has 4 nitrogen and oxygen atoms in total. The van der Waals surface area contributed by atoms with Crippen LogP contribution in [-0.2, 0) is 0 Å². The van der Waals surface area contributed by atoms with E-state index in [2.05, 4.69) is 45.5 Å². The Hall–Kier alpha value is -3.01. The molecule has 0 aliphatic carbocycles. The van der Waals surface area contributed by atoms with Crippen LogP contribution in [0.15, 0.2) is 60.8 Å². The number of rotatable bonds is 2. The van der Waals surface area contributed by atoms with E-state index in [-0.39, 0.29) is 6.01 Å². The van der Waals surface area contributed by atoms with Crippen LogP contribution in [0, 0.1) is 0 Å². The summed E-state index contributed by atoms with van der Waals surface area (Å²) >= 11 is 0. The van der Waals surface area contributed by atoms with Gasteiger partial charge in [-0.15, -0.1) is 0 Å². The van der Waals surface area contributed by atoms with Crippen LogP contribution in [0.25, 0.3) is 32.8 Å². The lowest BCUT2D eigenvalue weighted by molar-refractivity contribution is 0.374. The molecule has 4 rings (SSSR count). The molecule has 1 heterocycles. The van der Waals surface area contributed by atoms with E-state index in [1.54, 1.807) is 13.3 Å². The standard InChI is InChI=1S/C18H13N3O/c1-22-18-20-16(11-19-21-18)17-14-8-4-2-6-12(14)10-13-7-3-5-9-15(13)17/h2-11H,1H3. The SMILES string of the molecule is COc1nncc(-c2c3ccccc3cc3ccccc23)n1. The number of aromatic nitrogens is 3. The third kappa shape index (κ3) is 1.97. The molecule has 0 N–H and O–H groups in total. The topological polar surface area (TPSA) is 47.9 Å². The van der Waals surface area contributed by atoms with E-state index in [0.717, 1.165) is 22.0 Å². The maximum atomic E-state index is 5.12. The predicted molar refractivity (Wildman–Crippen MR) is 86.8 cm³/mol. The van der Waals surface area contributed by atoms with Crippen LogP contribution in [0.2, 0.25) is 0 Å². The van der Waals surface area contributed by atoms with Gasteiger partial charge in [0.15, 0.2) is 0 Å². The Morgan fingerprint density at radius 1 is 0.864 bits per heavy atom. The van der Waals surface area contributed by atoms with Gasteiger partial charge < -0.3 is 4.74 Å². The van der Waals surface area contributed by atoms with E-state index in [1.807, 2.05) is 24.3 Å². The molecule has 1 aromatic heterocycles. The summed E-state index contributed by atoms with van der Waals surface area (Å²) in [4.78, 5) is 4.47. The third-order valence-corrected chi connectivity index (χ3v) is 3.75. The minimum Gasteiger partial charge on any atom is -0.466 e. The van der Waals surface area contributed by atoms with Crippen molar-refractivity contribution in [3.05, 3.63) is 60.8 Å². The second-order valence-corrected chi connectivity index (χ2v) is 5.02. The van der Waals surface area contributed by atoms with E-state index < -0.39 is 0 Å². The van der Waals surface area contributed by atoms with Crippen molar-refractivity contribution >= 4 is 21.5 Å². The average Bonchev–Trinajstić information content (AvgIpc) is 2.59. The first-order chi connectivity index (χ1) is 10.9. The number of ether oxygens (including phenoxy) is 1. The summed E-state index contributed by atoms with van der Waals surface area (Å²) < 4.78 is 5.12. The summed E-state index contributed by atoms with van der Waals surface area (Å²) in [6.45, 7) is 0. The Morgan fingerprint density at radius 2 is 1.50 bits per heavy atom. The predicted octanol–water partition coefficient (Wildman–Crippen LogP) is 3.85. The lowest BCUT2D eigenvalue weighted by Gasteiger charge is -2.11. The highest BCUT2D eigenvalue weighted by atomic mass is 16.5. The first-order valence-electron chi connectivity index (χ1n) is 7.01. The van der Waals surface area contributed by atoms with E-state index in [0.29, 0.717) is 0 Å². The van der Waals surface area contributed by atoms with Gasteiger partial charge in [-0.25, -0.2) is 0 Å². The quantitative estimate of drug-likeness (QED) is 0.525. The van der Waals surface area contributed by atoms with Crippen molar-refractivity contribution in [2.45, 2.75) is 0 Å². The third-order valence-electron chi connectivity index (χ3n) is 3.75. The Morgan fingerprint density at radius 3 is 2.14 bits per heavy atom. The van der Waals surface area contributed by atoms with Crippen molar-refractivity contribution in [2.24, 2.45) is 0 Å². The lowest BCUT2D eigenvalue weighted by atomic mass is 9.95. The fourth-order valence-corrected chi connectivity index (χ4v) is 2.78. The summed E-state index contributed by atoms with van der Waals surface area (Å²) in [7, 11) is 1.54. The van der Waals surface area contributed by atoms with Crippen LogP contribution >= 0.6 is 0 Å². The number of hydrogen-bond donors (Lipinski definition) is 0. The van der Waals surface area contributed by atoms with Gasteiger partial charge in [0.05, 0.1) is 19.0 Å². The van der Waals surface area contributed by atoms with Crippen molar-refractivity contribution in [1.82, 2.24) is 15.2 Å². The summed E-state index contributed by atoms with van der Waals surface area (Å²) in [6.07, 6.45) is 1.68. The minimum atomic E-state index is 0.273.